The number of anilines is 1. The summed E-state index contributed by atoms with van der Waals surface area (Å²) in [6.45, 7) is 2.81. The second-order valence-electron chi connectivity index (χ2n) is 8.22. The average Bonchev–Trinajstić information content (AvgIpc) is 3.13. The average molecular weight is 444 g/mol. The van der Waals surface area contributed by atoms with E-state index < -0.39 is 6.98 Å². The van der Waals surface area contributed by atoms with E-state index in [4.69, 9.17) is 30.9 Å². The first kappa shape index (κ1) is 16.9. The highest BCUT2D eigenvalue weighted by Gasteiger charge is 2.48. The van der Waals surface area contributed by atoms with E-state index in [1.165, 1.54) is 12.3 Å². The first-order valence-corrected chi connectivity index (χ1v) is 10.5. The predicted molar refractivity (Wildman–Crippen MR) is 118 cm³/mol. The molecule has 0 atom stereocenters. The Bertz CT molecular complexity index is 1170. The maximum absolute atomic E-state index is 7.77. The van der Waals surface area contributed by atoms with Crippen LogP contribution in [0.3, 0.4) is 0 Å². The number of hydrogen-bond acceptors (Lipinski definition) is 7. The Labute approximate surface area is 190 Å². The van der Waals surface area contributed by atoms with E-state index in [0.717, 1.165) is 48.8 Å². The summed E-state index contributed by atoms with van der Waals surface area (Å²) in [6.07, 6.45) is 1.90. The third-order valence-corrected chi connectivity index (χ3v) is 5.89. The van der Waals surface area contributed by atoms with Crippen molar-refractivity contribution in [3.05, 3.63) is 52.8 Å². The van der Waals surface area contributed by atoms with Crippen molar-refractivity contribution in [2.24, 2.45) is 12.4 Å². The molecule has 0 amide bonds. The van der Waals surface area contributed by atoms with Crippen LogP contribution in [0.25, 0.3) is 11.4 Å². The Kier molecular flexibility index (Phi) is 4.43. The number of hydrogen-bond donors (Lipinski definition) is 1. The number of aryl methyl sites for hydroxylation is 1. The van der Waals surface area contributed by atoms with Gasteiger partial charge in [0.05, 0.1) is 18.9 Å². The van der Waals surface area contributed by atoms with Gasteiger partial charge in [0.2, 0.25) is 5.95 Å². The molecule has 4 heterocycles. The van der Waals surface area contributed by atoms with Crippen LogP contribution in [0, 0.1) is 5.41 Å². The Morgan fingerprint density at radius 2 is 2.10 bits per heavy atom. The number of para-hydroxylation sites is 1. The van der Waals surface area contributed by atoms with Crippen LogP contribution in [0.4, 0.5) is 5.95 Å². The molecule has 0 unspecified atom stereocenters. The number of nitrogen functional groups attached to an aromatic ring is 1. The molecule has 3 aromatic rings. The van der Waals surface area contributed by atoms with Crippen molar-refractivity contribution in [2.45, 2.75) is 6.42 Å². The van der Waals surface area contributed by atoms with Gasteiger partial charge in [0.25, 0.3) is 0 Å². The van der Waals surface area contributed by atoms with Crippen LogP contribution in [0.5, 0.6) is 5.75 Å². The van der Waals surface area contributed by atoms with Gasteiger partial charge in [0, 0.05) is 60.4 Å². The van der Waals surface area contributed by atoms with E-state index in [1.54, 1.807) is 0 Å². The van der Waals surface area contributed by atoms with Crippen molar-refractivity contribution in [2.75, 3.05) is 45.2 Å². The summed E-state index contributed by atoms with van der Waals surface area (Å²) in [5.74, 6) is 0.736. The topological polar surface area (TPSA) is 91.3 Å². The van der Waals surface area contributed by atoms with Gasteiger partial charge in [-0.15, -0.1) is 0 Å². The lowest BCUT2D eigenvalue weighted by atomic mass is 9.78. The highest BCUT2D eigenvalue weighted by molar-refractivity contribution is 6.29. The molecule has 31 heavy (non-hydrogen) atoms. The van der Waals surface area contributed by atoms with Gasteiger partial charge in [-0.1, -0.05) is 29.8 Å². The van der Waals surface area contributed by atoms with Crippen LogP contribution in [-0.4, -0.2) is 64.1 Å². The number of nitrogens with two attached hydrogens (primary N) is 1. The van der Waals surface area contributed by atoms with Gasteiger partial charge in [0.1, 0.15) is 23.2 Å². The molecule has 9 heteroatoms. The van der Waals surface area contributed by atoms with Crippen molar-refractivity contribution >= 4 is 17.5 Å². The molecule has 2 aromatic heterocycles. The zero-order valence-electron chi connectivity index (χ0n) is 19.9. The summed E-state index contributed by atoms with van der Waals surface area (Å²) < 4.78 is 35.7. The molecule has 5 rings (SSSR count). The molecule has 0 saturated carbocycles. The molecule has 2 aliphatic heterocycles. The smallest absolute Gasteiger partial charge is 0.222 e. The minimum atomic E-state index is -2.44. The van der Waals surface area contributed by atoms with Gasteiger partial charge < -0.3 is 15.2 Å². The fourth-order valence-electron chi connectivity index (χ4n) is 4.23. The van der Waals surface area contributed by atoms with Crippen molar-refractivity contribution in [1.82, 2.24) is 24.6 Å². The third kappa shape index (κ3) is 4.23. The maximum atomic E-state index is 7.77. The minimum absolute atomic E-state index is 0.0122. The van der Waals surface area contributed by atoms with Crippen molar-refractivity contribution in [1.29, 1.82) is 0 Å². The molecule has 0 radical (unpaired) electrons. The Morgan fingerprint density at radius 1 is 1.26 bits per heavy atom. The van der Waals surface area contributed by atoms with Gasteiger partial charge in [-0.05, 0) is 11.6 Å². The first-order chi connectivity index (χ1) is 16.2. The molecule has 2 saturated heterocycles. The Hall–Kier alpha value is -2.68. The minimum Gasteiger partial charge on any atom is -0.492 e. The maximum Gasteiger partial charge on any atom is 0.222 e. The second-order valence-corrected chi connectivity index (χ2v) is 8.61. The van der Waals surface area contributed by atoms with E-state index in [1.807, 2.05) is 24.3 Å². The number of likely N-dealkylation sites (tertiary alicyclic amines) is 1. The van der Waals surface area contributed by atoms with Crippen LogP contribution < -0.4 is 10.5 Å². The number of benzene rings is 1. The van der Waals surface area contributed by atoms with E-state index in [2.05, 4.69) is 20.0 Å². The van der Waals surface area contributed by atoms with Gasteiger partial charge in [-0.2, -0.15) is 5.10 Å². The van der Waals surface area contributed by atoms with Crippen LogP contribution in [0.15, 0.2) is 36.5 Å². The van der Waals surface area contributed by atoms with Gasteiger partial charge in [-0.3, -0.25) is 9.58 Å². The van der Waals surface area contributed by atoms with Gasteiger partial charge in [0.15, 0.2) is 0 Å². The number of rotatable bonds is 7. The Morgan fingerprint density at radius 3 is 2.84 bits per heavy atom. The Balaban J connectivity index is 1.35. The third-order valence-electron chi connectivity index (χ3n) is 5.70. The quantitative estimate of drug-likeness (QED) is 0.560. The summed E-state index contributed by atoms with van der Waals surface area (Å²) in [4.78, 5) is 10.5. The predicted octanol–water partition coefficient (Wildman–Crippen LogP) is 2.41. The molecule has 1 aromatic carbocycles. The van der Waals surface area contributed by atoms with E-state index in [9.17, 15) is 0 Å². The summed E-state index contributed by atoms with van der Waals surface area (Å²) in [5.41, 5.74) is 8.46. The zero-order chi connectivity index (χ0) is 23.9. The lowest BCUT2D eigenvalue weighted by molar-refractivity contribution is -0.189. The highest BCUT2D eigenvalue weighted by atomic mass is 35.5. The molecule has 2 aliphatic rings. The number of nitrogens with zero attached hydrogens (tertiary/aromatic N) is 5. The summed E-state index contributed by atoms with van der Waals surface area (Å²) in [7, 11) is 0. The van der Waals surface area contributed by atoms with Crippen LogP contribution in [0.1, 0.15) is 15.2 Å². The summed E-state index contributed by atoms with van der Waals surface area (Å²) in [6, 6.07) is 9.23. The number of halogens is 1. The van der Waals surface area contributed by atoms with E-state index in [0.29, 0.717) is 35.4 Å². The summed E-state index contributed by atoms with van der Waals surface area (Å²) >= 11 is 6.06. The molecule has 8 nitrogen and oxygen atoms in total. The van der Waals surface area contributed by atoms with Crippen molar-refractivity contribution in [3.63, 3.8) is 0 Å². The van der Waals surface area contributed by atoms with E-state index >= 15 is 0 Å². The molecule has 0 aliphatic carbocycles. The molecule has 0 bridgehead atoms. The second kappa shape index (κ2) is 8.11. The summed E-state index contributed by atoms with van der Waals surface area (Å²) in [5, 5.41) is 4.44. The largest absolute Gasteiger partial charge is 0.492 e. The number of ether oxygens (including phenoxy) is 2. The lowest BCUT2D eigenvalue weighted by Gasteiger charge is -2.55. The number of aromatic nitrogens is 4. The van der Waals surface area contributed by atoms with Crippen molar-refractivity contribution in [3.8, 4) is 17.1 Å². The van der Waals surface area contributed by atoms with Crippen LogP contribution >= 0.6 is 11.6 Å². The fourth-order valence-corrected chi connectivity index (χ4v) is 4.42. The lowest BCUT2D eigenvalue weighted by Crippen LogP contribution is -2.66. The molecule has 1 spiro atoms. The van der Waals surface area contributed by atoms with Crippen LogP contribution in [-0.2, 0) is 18.1 Å². The SMILES string of the molecule is [2H]C([2H])([2H])n1cc(Cc2ccccc2OCCN2CC3(COC3)C2)c(-c2cc(Cl)nc(N)n2)n1. The molecule has 2 fully saturated rings. The molecule has 2 N–H and O–H groups in total. The zero-order valence-corrected chi connectivity index (χ0v) is 17.7. The molecule has 162 valence electrons. The van der Waals surface area contributed by atoms with E-state index in [-0.39, 0.29) is 11.1 Å². The first-order valence-electron chi connectivity index (χ1n) is 11.6. The van der Waals surface area contributed by atoms with Crippen LogP contribution in [0.2, 0.25) is 5.15 Å². The highest BCUT2D eigenvalue weighted by Crippen LogP contribution is 2.37. The van der Waals surface area contributed by atoms with Crippen molar-refractivity contribution < 1.29 is 13.6 Å². The fraction of sp³-hybridized carbons (Fsp3) is 0.409. The van der Waals surface area contributed by atoms with Gasteiger partial charge in [-0.25, -0.2) is 9.97 Å². The standard InChI is InChI=1S/C22H25ClN6O2/c1-28-10-16(20(27-28)17-9-19(23)26-21(24)25-17)8-15-4-2-3-5-18(15)31-7-6-29-11-22(12-29)13-30-14-22/h2-5,9-10H,6-8,11-14H2,1H3,(H2,24,25,26)/i1D3. The monoisotopic (exact) mass is 443 g/mol. The molecular formula is C22H25ClN6O2. The van der Waals surface area contributed by atoms with Gasteiger partial charge >= 0.3 is 0 Å². The normalized spacial score (nSPS) is 19.2. The molecular weight excluding hydrogens is 416 g/mol.